The zero-order valence-electron chi connectivity index (χ0n) is 11.9. The van der Waals surface area contributed by atoms with Crippen molar-refractivity contribution in [3.05, 3.63) is 29.8 Å². The van der Waals surface area contributed by atoms with E-state index in [1.807, 2.05) is 13.8 Å². The maximum absolute atomic E-state index is 12.1. The lowest BCUT2D eigenvalue weighted by Crippen LogP contribution is -2.40. The van der Waals surface area contributed by atoms with Crippen molar-refractivity contribution < 1.29 is 23.1 Å². The molecule has 0 fully saturated rings. The van der Waals surface area contributed by atoms with Crippen LogP contribution in [0.4, 0.5) is 18.9 Å². The fourth-order valence-corrected chi connectivity index (χ4v) is 1.82. The van der Waals surface area contributed by atoms with Crippen LogP contribution in [0.5, 0.6) is 0 Å². The predicted octanol–water partition coefficient (Wildman–Crippen LogP) is 2.19. The second-order valence-corrected chi connectivity index (χ2v) is 4.49. The van der Waals surface area contributed by atoms with Crippen LogP contribution in [0.2, 0.25) is 0 Å². The maximum Gasteiger partial charge on any atom is 0.416 e. The van der Waals surface area contributed by atoms with Crippen molar-refractivity contribution in [3.63, 3.8) is 0 Å². The lowest BCUT2D eigenvalue weighted by atomic mass is 10.1. The first-order valence-electron chi connectivity index (χ1n) is 6.67. The number of carbonyl (C=O) groups excluding carboxylic acids is 1. The quantitative estimate of drug-likeness (QED) is 0.847. The molecular formula is C14H19F3N2O2. The normalized spacial score (nSPS) is 12.9. The van der Waals surface area contributed by atoms with E-state index in [1.54, 1.807) is 24.3 Å². The summed E-state index contributed by atoms with van der Waals surface area (Å²) >= 11 is 0. The van der Waals surface area contributed by atoms with Gasteiger partial charge in [0.1, 0.15) is 0 Å². The van der Waals surface area contributed by atoms with Gasteiger partial charge in [-0.3, -0.25) is 4.79 Å². The van der Waals surface area contributed by atoms with Gasteiger partial charge in [-0.2, -0.15) is 13.2 Å². The number of benzene rings is 1. The molecular weight excluding hydrogens is 285 g/mol. The second kappa shape index (κ2) is 7.31. The fraction of sp³-hybridized carbons (Fsp3) is 0.500. The van der Waals surface area contributed by atoms with Gasteiger partial charge in [0.2, 0.25) is 0 Å². The van der Waals surface area contributed by atoms with Crippen molar-refractivity contribution in [1.82, 2.24) is 5.32 Å². The Hall–Kier alpha value is -1.76. The van der Waals surface area contributed by atoms with E-state index in [2.05, 4.69) is 10.2 Å². The van der Waals surface area contributed by atoms with Crippen LogP contribution in [0.15, 0.2) is 24.3 Å². The number of hydrogen-bond acceptors (Lipinski definition) is 3. The minimum Gasteiger partial charge on any atom is -0.382 e. The number of nitrogens with zero attached hydrogens (tertiary/aromatic N) is 1. The van der Waals surface area contributed by atoms with Gasteiger partial charge in [0.05, 0.1) is 6.54 Å². The Morgan fingerprint density at radius 1 is 1.24 bits per heavy atom. The van der Waals surface area contributed by atoms with E-state index in [0.717, 1.165) is 18.8 Å². The molecule has 4 nitrogen and oxygen atoms in total. The smallest absolute Gasteiger partial charge is 0.382 e. The molecule has 0 spiro atoms. The topological polar surface area (TPSA) is 52.6 Å². The van der Waals surface area contributed by atoms with E-state index >= 15 is 0 Å². The third-order valence-electron chi connectivity index (χ3n) is 3.09. The Labute approximate surface area is 121 Å². The molecule has 1 amide bonds. The van der Waals surface area contributed by atoms with Crippen molar-refractivity contribution in [1.29, 1.82) is 0 Å². The average molecular weight is 304 g/mol. The summed E-state index contributed by atoms with van der Waals surface area (Å²) in [5.74, 6) is -0.649. The highest BCUT2D eigenvalue weighted by Gasteiger charge is 2.38. The highest BCUT2D eigenvalue weighted by molar-refractivity contribution is 5.94. The number of amides is 1. The van der Waals surface area contributed by atoms with Crippen LogP contribution in [0.3, 0.4) is 0 Å². The fourth-order valence-electron chi connectivity index (χ4n) is 1.82. The van der Waals surface area contributed by atoms with Crippen LogP contribution in [-0.4, -0.2) is 42.9 Å². The molecule has 0 saturated heterocycles. The van der Waals surface area contributed by atoms with Gasteiger partial charge in [-0.05, 0) is 38.1 Å². The zero-order chi connectivity index (χ0) is 16.0. The molecule has 7 heteroatoms. The molecule has 1 unspecified atom stereocenters. The highest BCUT2D eigenvalue weighted by Crippen LogP contribution is 2.19. The molecule has 0 bridgehead atoms. The number of hydrogen-bond donors (Lipinski definition) is 2. The molecule has 21 heavy (non-hydrogen) atoms. The molecule has 1 rings (SSSR count). The van der Waals surface area contributed by atoms with Gasteiger partial charge < -0.3 is 15.3 Å². The van der Waals surface area contributed by atoms with Crippen molar-refractivity contribution in [2.24, 2.45) is 0 Å². The minimum absolute atomic E-state index is 0.250. The lowest BCUT2D eigenvalue weighted by molar-refractivity contribution is -0.201. The SMILES string of the molecule is CCN(CC)c1ccc(C(=O)NCC(O)C(F)(F)F)cc1. The van der Waals surface area contributed by atoms with Crippen molar-refractivity contribution in [3.8, 4) is 0 Å². The second-order valence-electron chi connectivity index (χ2n) is 4.49. The molecule has 1 aromatic carbocycles. The Balaban J connectivity index is 2.63. The first-order chi connectivity index (χ1) is 9.79. The molecule has 0 aliphatic heterocycles. The van der Waals surface area contributed by atoms with Crippen LogP contribution >= 0.6 is 0 Å². The summed E-state index contributed by atoms with van der Waals surface area (Å²) in [6, 6.07) is 6.57. The third-order valence-corrected chi connectivity index (χ3v) is 3.09. The van der Waals surface area contributed by atoms with Crippen molar-refractivity contribution in [2.45, 2.75) is 26.1 Å². The van der Waals surface area contributed by atoms with E-state index in [1.165, 1.54) is 0 Å². The number of carbonyl (C=O) groups is 1. The lowest BCUT2D eigenvalue weighted by Gasteiger charge is -2.21. The van der Waals surface area contributed by atoms with E-state index in [-0.39, 0.29) is 5.56 Å². The van der Waals surface area contributed by atoms with Gasteiger partial charge in [-0.15, -0.1) is 0 Å². The molecule has 0 radical (unpaired) electrons. The summed E-state index contributed by atoms with van der Waals surface area (Å²) in [5.41, 5.74) is 1.19. The summed E-state index contributed by atoms with van der Waals surface area (Å²) < 4.78 is 36.3. The van der Waals surface area contributed by atoms with E-state index in [0.29, 0.717) is 0 Å². The summed E-state index contributed by atoms with van der Waals surface area (Å²) in [7, 11) is 0. The van der Waals surface area contributed by atoms with Crippen LogP contribution in [-0.2, 0) is 0 Å². The summed E-state index contributed by atoms with van der Waals surface area (Å²) in [5, 5.41) is 10.9. The van der Waals surface area contributed by atoms with Gasteiger partial charge >= 0.3 is 6.18 Å². The molecule has 0 heterocycles. The molecule has 2 N–H and O–H groups in total. The number of alkyl halides is 3. The number of anilines is 1. The maximum atomic E-state index is 12.1. The van der Waals surface area contributed by atoms with Crippen LogP contribution in [0.25, 0.3) is 0 Å². The zero-order valence-corrected chi connectivity index (χ0v) is 11.9. The highest BCUT2D eigenvalue weighted by atomic mass is 19.4. The van der Waals surface area contributed by atoms with Crippen LogP contribution in [0.1, 0.15) is 24.2 Å². The first kappa shape index (κ1) is 17.3. The first-order valence-corrected chi connectivity index (χ1v) is 6.67. The largest absolute Gasteiger partial charge is 0.416 e. The Morgan fingerprint density at radius 3 is 2.19 bits per heavy atom. The summed E-state index contributed by atoms with van der Waals surface area (Å²) in [6.07, 6.45) is -7.30. The molecule has 0 aliphatic carbocycles. The Kier molecular flexibility index (Phi) is 6.02. The van der Waals surface area contributed by atoms with Gasteiger partial charge in [0.15, 0.2) is 6.10 Å². The summed E-state index contributed by atoms with van der Waals surface area (Å²) in [6.45, 7) is 4.78. The van der Waals surface area contributed by atoms with Gasteiger partial charge in [-0.25, -0.2) is 0 Å². The van der Waals surface area contributed by atoms with Crippen LogP contribution in [0, 0.1) is 0 Å². The van der Waals surface area contributed by atoms with Gasteiger partial charge in [0, 0.05) is 24.3 Å². The Bertz CT molecular complexity index is 456. The standard InChI is InChI=1S/C14H19F3N2O2/c1-3-19(4-2)11-7-5-10(6-8-11)13(21)18-9-12(20)14(15,16)17/h5-8,12,20H,3-4,9H2,1-2H3,(H,18,21). The monoisotopic (exact) mass is 304 g/mol. The van der Waals surface area contributed by atoms with E-state index in [4.69, 9.17) is 5.11 Å². The van der Waals surface area contributed by atoms with Crippen molar-refractivity contribution >= 4 is 11.6 Å². The minimum atomic E-state index is -4.74. The molecule has 1 aromatic rings. The molecule has 1 atom stereocenters. The third kappa shape index (κ3) is 4.93. The predicted molar refractivity (Wildman–Crippen MR) is 74.4 cm³/mol. The van der Waals surface area contributed by atoms with E-state index in [9.17, 15) is 18.0 Å². The number of aliphatic hydroxyl groups excluding tert-OH is 1. The van der Waals surface area contributed by atoms with Crippen LogP contribution < -0.4 is 10.2 Å². The average Bonchev–Trinajstić information content (AvgIpc) is 2.45. The van der Waals surface area contributed by atoms with E-state index < -0.39 is 24.7 Å². The van der Waals surface area contributed by atoms with Crippen molar-refractivity contribution in [2.75, 3.05) is 24.5 Å². The van der Waals surface area contributed by atoms with Gasteiger partial charge in [0.25, 0.3) is 5.91 Å². The number of rotatable bonds is 6. The number of aliphatic hydroxyl groups is 1. The molecule has 0 saturated carbocycles. The van der Waals surface area contributed by atoms with Gasteiger partial charge in [-0.1, -0.05) is 0 Å². The molecule has 118 valence electrons. The Morgan fingerprint density at radius 2 is 1.76 bits per heavy atom. The summed E-state index contributed by atoms with van der Waals surface area (Å²) in [4.78, 5) is 13.8. The molecule has 0 aliphatic rings. The molecule has 0 aromatic heterocycles. The number of halogens is 3. The number of nitrogens with one attached hydrogen (secondary N) is 1.